The van der Waals surface area contributed by atoms with Crippen LogP contribution in [0.1, 0.15) is 0 Å². The number of hydrogen-bond acceptors (Lipinski definition) is 4. The van der Waals surface area contributed by atoms with Crippen LogP contribution in [0.25, 0.3) is 11.3 Å². The molecule has 0 saturated heterocycles. The van der Waals surface area contributed by atoms with Crippen molar-refractivity contribution < 1.29 is 8.78 Å². The number of nitrogens with zero attached hydrogens (tertiary/aromatic N) is 2. The normalized spacial score (nSPS) is 10.5. The molecule has 0 aliphatic rings. The van der Waals surface area contributed by atoms with Crippen LogP contribution in [0.4, 0.5) is 14.7 Å². The molecule has 0 spiro atoms. The number of rotatable bonds is 2. The summed E-state index contributed by atoms with van der Waals surface area (Å²) in [5.41, 5.74) is 5.53. The lowest BCUT2D eigenvalue weighted by atomic mass is 10.1. The van der Waals surface area contributed by atoms with E-state index in [9.17, 15) is 8.78 Å². The fourth-order valence-electron chi connectivity index (χ4n) is 1.54. The molecule has 98 valence electrons. The molecular weight excluding hydrogens is 320 g/mol. The second-order valence-electron chi connectivity index (χ2n) is 3.60. The Bertz CT molecular complexity index is 726. The van der Waals surface area contributed by atoms with Crippen molar-refractivity contribution in [3.05, 3.63) is 39.8 Å². The highest BCUT2D eigenvalue weighted by Gasteiger charge is 2.15. The highest BCUT2D eigenvalue weighted by Crippen LogP contribution is 2.27. The molecule has 0 atom stereocenters. The van der Waals surface area contributed by atoms with Crippen LogP contribution >= 0.6 is 15.9 Å². The van der Waals surface area contributed by atoms with E-state index >= 15 is 0 Å². The van der Waals surface area contributed by atoms with Crippen LogP contribution in [0.5, 0.6) is 0 Å². The maximum Gasteiger partial charge on any atom is 0.207 e. The second-order valence-corrected chi connectivity index (χ2v) is 4.40. The summed E-state index contributed by atoms with van der Waals surface area (Å²) in [5.74, 6) is -1.65. The summed E-state index contributed by atoms with van der Waals surface area (Å²) in [6.45, 7) is 0. The van der Waals surface area contributed by atoms with Crippen molar-refractivity contribution in [2.75, 3.05) is 5.73 Å². The molecule has 2 rings (SSSR count). The Labute approximate surface area is 114 Å². The second kappa shape index (κ2) is 4.88. The number of nitrogens with one attached hydrogen (secondary N) is 2. The standard InChI is InChI=1S/C11H8BrF2N5/c12-8-9(6-2-1-5(13)3-7(6)14)18-11(17)19(4-15)10(8)16/h1-4,15-16H,(H2,17,18). The first-order valence-corrected chi connectivity index (χ1v) is 5.83. The Morgan fingerprint density at radius 3 is 2.63 bits per heavy atom. The van der Waals surface area contributed by atoms with Crippen molar-refractivity contribution in [3.8, 4) is 11.3 Å². The van der Waals surface area contributed by atoms with Crippen LogP contribution in [-0.4, -0.2) is 15.9 Å². The molecule has 0 amide bonds. The van der Waals surface area contributed by atoms with Crippen LogP contribution in [-0.2, 0) is 0 Å². The fourth-order valence-corrected chi connectivity index (χ4v) is 2.03. The van der Waals surface area contributed by atoms with Gasteiger partial charge < -0.3 is 5.73 Å². The van der Waals surface area contributed by atoms with Gasteiger partial charge in [-0.05, 0) is 28.1 Å². The minimum absolute atomic E-state index is 0.0191. The molecule has 0 aliphatic carbocycles. The maximum atomic E-state index is 13.7. The molecule has 0 unspecified atom stereocenters. The molecule has 1 heterocycles. The van der Waals surface area contributed by atoms with E-state index in [2.05, 4.69) is 20.9 Å². The van der Waals surface area contributed by atoms with Gasteiger partial charge in [-0.25, -0.2) is 13.8 Å². The first-order valence-electron chi connectivity index (χ1n) is 5.03. The number of halogens is 3. The van der Waals surface area contributed by atoms with Gasteiger partial charge in [0.05, 0.1) is 16.5 Å². The van der Waals surface area contributed by atoms with Crippen molar-refractivity contribution in [2.45, 2.75) is 0 Å². The van der Waals surface area contributed by atoms with E-state index in [-0.39, 0.29) is 27.2 Å². The summed E-state index contributed by atoms with van der Waals surface area (Å²) < 4.78 is 27.8. The lowest BCUT2D eigenvalue weighted by Crippen LogP contribution is -2.25. The van der Waals surface area contributed by atoms with E-state index in [1.807, 2.05) is 0 Å². The average molecular weight is 328 g/mol. The quantitative estimate of drug-likeness (QED) is 0.582. The van der Waals surface area contributed by atoms with Crippen LogP contribution in [0, 0.1) is 22.5 Å². The summed E-state index contributed by atoms with van der Waals surface area (Å²) in [6, 6.07) is 3.02. The zero-order valence-electron chi connectivity index (χ0n) is 9.42. The molecular formula is C11H8BrF2N5. The smallest absolute Gasteiger partial charge is 0.207 e. The van der Waals surface area contributed by atoms with Gasteiger partial charge in [0.25, 0.3) is 0 Å². The SMILES string of the molecule is N=Cn1c(N)nc(-c2ccc(F)cc2F)c(Br)c1=N. The maximum absolute atomic E-state index is 13.7. The van der Waals surface area contributed by atoms with Gasteiger partial charge in [-0.15, -0.1) is 0 Å². The van der Waals surface area contributed by atoms with Crippen LogP contribution in [0.3, 0.4) is 0 Å². The Morgan fingerprint density at radius 1 is 1.37 bits per heavy atom. The molecule has 19 heavy (non-hydrogen) atoms. The lowest BCUT2D eigenvalue weighted by Gasteiger charge is -2.10. The third-order valence-electron chi connectivity index (χ3n) is 2.45. The molecule has 4 N–H and O–H groups in total. The van der Waals surface area contributed by atoms with E-state index < -0.39 is 11.6 Å². The van der Waals surface area contributed by atoms with E-state index in [1.165, 1.54) is 6.07 Å². The zero-order chi connectivity index (χ0) is 14.2. The summed E-state index contributed by atoms with van der Waals surface area (Å²) in [7, 11) is 0. The van der Waals surface area contributed by atoms with Gasteiger partial charge >= 0.3 is 0 Å². The highest BCUT2D eigenvalue weighted by atomic mass is 79.9. The van der Waals surface area contributed by atoms with E-state index in [1.54, 1.807) is 0 Å². The number of nitrogen functional groups attached to an aromatic ring is 1. The van der Waals surface area contributed by atoms with Crippen molar-refractivity contribution in [1.82, 2.24) is 9.55 Å². The molecule has 0 radical (unpaired) electrons. The summed E-state index contributed by atoms with van der Waals surface area (Å²) in [5, 5.41) is 14.9. The van der Waals surface area contributed by atoms with Gasteiger partial charge in [0.15, 0.2) is 0 Å². The van der Waals surface area contributed by atoms with Crippen LogP contribution in [0.15, 0.2) is 22.7 Å². The van der Waals surface area contributed by atoms with E-state index in [0.29, 0.717) is 0 Å². The van der Waals surface area contributed by atoms with Gasteiger partial charge in [0, 0.05) is 11.6 Å². The van der Waals surface area contributed by atoms with Gasteiger partial charge in [-0.2, -0.15) is 0 Å². The Morgan fingerprint density at radius 2 is 2.05 bits per heavy atom. The number of hydrogen-bond donors (Lipinski definition) is 3. The van der Waals surface area contributed by atoms with Gasteiger partial charge in [-0.3, -0.25) is 15.4 Å². The lowest BCUT2D eigenvalue weighted by molar-refractivity contribution is 0.585. The topological polar surface area (TPSA) is 91.5 Å². The van der Waals surface area contributed by atoms with Gasteiger partial charge in [0.2, 0.25) is 5.95 Å². The summed E-state index contributed by atoms with van der Waals surface area (Å²) in [6.07, 6.45) is 0.820. The molecule has 0 aliphatic heterocycles. The molecule has 1 aromatic heterocycles. The first kappa shape index (κ1) is 13.3. The third-order valence-corrected chi connectivity index (χ3v) is 3.20. The largest absolute Gasteiger partial charge is 0.369 e. The van der Waals surface area contributed by atoms with Crippen LogP contribution < -0.4 is 11.2 Å². The fraction of sp³-hybridized carbons (Fsp3) is 0. The monoisotopic (exact) mass is 327 g/mol. The number of anilines is 1. The molecule has 0 bridgehead atoms. The van der Waals surface area contributed by atoms with Crippen molar-refractivity contribution in [2.24, 2.45) is 0 Å². The predicted molar refractivity (Wildman–Crippen MR) is 69.7 cm³/mol. The molecule has 5 nitrogen and oxygen atoms in total. The zero-order valence-corrected chi connectivity index (χ0v) is 11.0. The molecule has 0 saturated carbocycles. The molecule has 2 aromatic rings. The minimum Gasteiger partial charge on any atom is -0.369 e. The molecule has 8 heteroatoms. The van der Waals surface area contributed by atoms with Gasteiger partial charge in [-0.1, -0.05) is 0 Å². The highest BCUT2D eigenvalue weighted by molar-refractivity contribution is 9.10. The predicted octanol–water partition coefficient (Wildman–Crippen LogP) is 2.11. The van der Waals surface area contributed by atoms with Crippen molar-refractivity contribution >= 4 is 28.2 Å². The van der Waals surface area contributed by atoms with Crippen LogP contribution in [0.2, 0.25) is 0 Å². The van der Waals surface area contributed by atoms with Crippen molar-refractivity contribution in [3.63, 3.8) is 0 Å². The summed E-state index contributed by atoms with van der Waals surface area (Å²) >= 11 is 3.11. The Balaban J connectivity index is 2.77. The third kappa shape index (κ3) is 2.26. The first-order chi connectivity index (χ1) is 8.95. The number of aromatic nitrogens is 2. The average Bonchev–Trinajstić information content (AvgIpc) is 2.35. The summed E-state index contributed by atoms with van der Waals surface area (Å²) in [4.78, 5) is 3.93. The number of nitrogens with two attached hydrogens (primary N) is 1. The Hall–Kier alpha value is -2.09. The van der Waals surface area contributed by atoms with Crippen molar-refractivity contribution in [1.29, 1.82) is 10.8 Å². The van der Waals surface area contributed by atoms with E-state index in [4.69, 9.17) is 16.6 Å². The molecule has 1 aromatic carbocycles. The molecule has 0 fully saturated rings. The minimum atomic E-state index is -0.806. The Kier molecular flexibility index (Phi) is 3.43. The van der Waals surface area contributed by atoms with Gasteiger partial charge in [0.1, 0.15) is 17.1 Å². The van der Waals surface area contributed by atoms with E-state index in [0.717, 1.165) is 23.0 Å². The number of benzene rings is 1.